The summed E-state index contributed by atoms with van der Waals surface area (Å²) in [5, 5.41) is 0. The average molecular weight is 277 g/mol. The van der Waals surface area contributed by atoms with Crippen LogP contribution in [0, 0.1) is 0 Å². The summed E-state index contributed by atoms with van der Waals surface area (Å²) in [4.78, 5) is 13.7. The number of carbonyl (C=O) groups is 1. The van der Waals surface area contributed by atoms with Crippen LogP contribution in [0.3, 0.4) is 0 Å². The largest absolute Gasteiger partial charge is 0.341 e. The van der Waals surface area contributed by atoms with Gasteiger partial charge < -0.3 is 10.6 Å². The van der Waals surface area contributed by atoms with Gasteiger partial charge in [-0.1, -0.05) is 6.42 Å². The van der Waals surface area contributed by atoms with Gasteiger partial charge >= 0.3 is 0 Å². The van der Waals surface area contributed by atoms with E-state index in [1.807, 2.05) is 4.90 Å². The number of nitrogens with two attached hydrogens (primary N) is 1. The molecule has 0 aromatic carbocycles. The molecule has 0 aromatic rings. The number of nitrogens with one attached hydrogen (secondary N) is 1. The van der Waals surface area contributed by atoms with Gasteiger partial charge in [0.25, 0.3) is 0 Å². The number of hydrogen-bond donors (Lipinski definition) is 2. The lowest BCUT2D eigenvalue weighted by Gasteiger charge is -2.20. The molecule has 1 aliphatic heterocycles. The van der Waals surface area contributed by atoms with Gasteiger partial charge in [-0.2, -0.15) is 0 Å². The molecule has 1 atom stereocenters. The lowest BCUT2D eigenvalue weighted by Crippen LogP contribution is -2.42. The van der Waals surface area contributed by atoms with E-state index in [9.17, 15) is 13.2 Å². The molecule has 1 fully saturated rings. The van der Waals surface area contributed by atoms with Crippen molar-refractivity contribution in [2.75, 3.05) is 25.9 Å². The second kappa shape index (κ2) is 7.06. The topological polar surface area (TPSA) is 92.5 Å². The Labute approximate surface area is 109 Å². The zero-order valence-corrected chi connectivity index (χ0v) is 11.7. The van der Waals surface area contributed by atoms with E-state index >= 15 is 0 Å². The van der Waals surface area contributed by atoms with Gasteiger partial charge in [0.2, 0.25) is 15.9 Å². The monoisotopic (exact) mass is 277 g/mol. The number of rotatable bonds is 7. The molecule has 0 radical (unpaired) electrons. The Balaban J connectivity index is 2.13. The van der Waals surface area contributed by atoms with E-state index in [2.05, 4.69) is 4.72 Å². The normalized spacial score (nSPS) is 18.0. The summed E-state index contributed by atoms with van der Waals surface area (Å²) < 4.78 is 24.0. The van der Waals surface area contributed by atoms with E-state index in [4.69, 9.17) is 5.73 Å². The fraction of sp³-hybridized carbons (Fsp3) is 0.909. The molecule has 1 amide bonds. The zero-order chi connectivity index (χ0) is 13.6. The van der Waals surface area contributed by atoms with Gasteiger partial charge in [-0.25, -0.2) is 13.1 Å². The van der Waals surface area contributed by atoms with Crippen LogP contribution in [-0.2, 0) is 14.8 Å². The van der Waals surface area contributed by atoms with Crippen molar-refractivity contribution in [3.05, 3.63) is 0 Å². The van der Waals surface area contributed by atoms with E-state index in [0.29, 0.717) is 19.4 Å². The molecule has 0 spiro atoms. The highest BCUT2D eigenvalue weighted by Crippen LogP contribution is 2.10. The summed E-state index contributed by atoms with van der Waals surface area (Å²) in [7, 11) is -3.11. The molecule has 1 aliphatic rings. The Morgan fingerprint density at radius 2 is 1.94 bits per heavy atom. The van der Waals surface area contributed by atoms with Crippen LogP contribution in [0.1, 0.15) is 32.1 Å². The number of likely N-dealkylation sites (tertiary alicyclic amines) is 1. The molecule has 0 saturated carbocycles. The standard InChI is InChI=1S/C11H23N3O3S/c1-18(16,17)13-7-3-2-6-10(12)11(15)14-8-4-5-9-14/h10,13H,2-9,12H2,1H3. The molecule has 1 unspecified atom stereocenters. The number of amides is 1. The third-order valence-electron chi connectivity index (χ3n) is 3.04. The molecule has 0 aliphatic carbocycles. The maximum absolute atomic E-state index is 11.9. The number of carbonyl (C=O) groups excluding carboxylic acids is 1. The van der Waals surface area contributed by atoms with E-state index < -0.39 is 16.1 Å². The van der Waals surface area contributed by atoms with E-state index in [0.717, 1.165) is 38.6 Å². The summed E-state index contributed by atoms with van der Waals surface area (Å²) in [5.41, 5.74) is 5.84. The molecule has 3 N–H and O–H groups in total. The lowest BCUT2D eigenvalue weighted by atomic mass is 10.1. The fourth-order valence-electron chi connectivity index (χ4n) is 2.04. The van der Waals surface area contributed by atoms with Crippen molar-refractivity contribution >= 4 is 15.9 Å². The Morgan fingerprint density at radius 3 is 2.50 bits per heavy atom. The van der Waals surface area contributed by atoms with Crippen LogP contribution in [0.15, 0.2) is 0 Å². The third kappa shape index (κ3) is 5.79. The highest BCUT2D eigenvalue weighted by atomic mass is 32.2. The Hall–Kier alpha value is -0.660. The minimum Gasteiger partial charge on any atom is -0.341 e. The Bertz CT molecular complexity index is 364. The maximum Gasteiger partial charge on any atom is 0.239 e. The highest BCUT2D eigenvalue weighted by Gasteiger charge is 2.22. The highest BCUT2D eigenvalue weighted by molar-refractivity contribution is 7.88. The summed E-state index contributed by atoms with van der Waals surface area (Å²) in [6, 6.07) is -0.443. The Morgan fingerprint density at radius 1 is 1.33 bits per heavy atom. The van der Waals surface area contributed by atoms with Crippen LogP contribution in [-0.4, -0.2) is 51.2 Å². The molecule has 1 heterocycles. The first-order chi connectivity index (χ1) is 8.40. The first-order valence-electron chi connectivity index (χ1n) is 6.39. The van der Waals surface area contributed by atoms with Crippen LogP contribution in [0.2, 0.25) is 0 Å². The molecule has 7 heteroatoms. The first kappa shape index (κ1) is 15.4. The second-order valence-electron chi connectivity index (χ2n) is 4.80. The number of nitrogens with zero attached hydrogens (tertiary/aromatic N) is 1. The van der Waals surface area contributed by atoms with Gasteiger partial charge in [-0.3, -0.25) is 4.79 Å². The van der Waals surface area contributed by atoms with Crippen LogP contribution in [0.5, 0.6) is 0 Å². The SMILES string of the molecule is CS(=O)(=O)NCCCCC(N)C(=O)N1CCCC1. The fourth-order valence-corrected chi connectivity index (χ4v) is 2.56. The van der Waals surface area contributed by atoms with Crippen molar-refractivity contribution in [3.8, 4) is 0 Å². The van der Waals surface area contributed by atoms with Crippen molar-refractivity contribution in [1.82, 2.24) is 9.62 Å². The number of unbranched alkanes of at least 4 members (excludes halogenated alkanes) is 1. The predicted octanol–water partition coefficient (Wildman–Crippen LogP) is -0.344. The van der Waals surface area contributed by atoms with Crippen LogP contribution in [0.25, 0.3) is 0 Å². The summed E-state index contributed by atoms with van der Waals surface area (Å²) in [6.07, 6.45) is 5.33. The zero-order valence-electron chi connectivity index (χ0n) is 10.9. The van der Waals surface area contributed by atoms with Gasteiger partial charge in [0.05, 0.1) is 12.3 Å². The number of hydrogen-bond acceptors (Lipinski definition) is 4. The smallest absolute Gasteiger partial charge is 0.239 e. The van der Waals surface area contributed by atoms with Gasteiger partial charge in [0.1, 0.15) is 0 Å². The third-order valence-corrected chi connectivity index (χ3v) is 3.77. The Kier molecular flexibility index (Phi) is 6.04. The number of sulfonamides is 1. The van der Waals surface area contributed by atoms with E-state index in [-0.39, 0.29) is 5.91 Å². The molecule has 0 aromatic heterocycles. The van der Waals surface area contributed by atoms with Crippen molar-refractivity contribution in [2.45, 2.75) is 38.1 Å². The molecule has 1 saturated heterocycles. The minimum absolute atomic E-state index is 0.0311. The molecule has 0 bridgehead atoms. The summed E-state index contributed by atoms with van der Waals surface area (Å²) in [6.45, 7) is 2.05. The minimum atomic E-state index is -3.11. The maximum atomic E-state index is 11.9. The van der Waals surface area contributed by atoms with Crippen molar-refractivity contribution in [1.29, 1.82) is 0 Å². The summed E-state index contributed by atoms with van der Waals surface area (Å²) in [5.74, 6) is 0.0311. The second-order valence-corrected chi connectivity index (χ2v) is 6.63. The van der Waals surface area contributed by atoms with E-state index in [1.54, 1.807) is 0 Å². The van der Waals surface area contributed by atoms with Gasteiger partial charge in [-0.05, 0) is 25.7 Å². The molecule has 1 rings (SSSR count). The van der Waals surface area contributed by atoms with Crippen molar-refractivity contribution in [3.63, 3.8) is 0 Å². The predicted molar refractivity (Wildman–Crippen MR) is 70.5 cm³/mol. The van der Waals surface area contributed by atoms with Crippen molar-refractivity contribution in [2.24, 2.45) is 5.73 Å². The van der Waals surface area contributed by atoms with Gasteiger partial charge in [-0.15, -0.1) is 0 Å². The average Bonchev–Trinajstić information content (AvgIpc) is 2.79. The van der Waals surface area contributed by atoms with Gasteiger partial charge in [0.15, 0.2) is 0 Å². The van der Waals surface area contributed by atoms with Crippen LogP contribution >= 0.6 is 0 Å². The van der Waals surface area contributed by atoms with Crippen LogP contribution in [0.4, 0.5) is 0 Å². The molecule has 6 nitrogen and oxygen atoms in total. The molecule has 106 valence electrons. The molecular weight excluding hydrogens is 254 g/mol. The summed E-state index contributed by atoms with van der Waals surface area (Å²) >= 11 is 0. The quantitative estimate of drug-likeness (QED) is 0.622. The van der Waals surface area contributed by atoms with E-state index in [1.165, 1.54) is 0 Å². The van der Waals surface area contributed by atoms with Crippen molar-refractivity contribution < 1.29 is 13.2 Å². The molecule has 18 heavy (non-hydrogen) atoms. The van der Waals surface area contributed by atoms with Crippen LogP contribution < -0.4 is 10.5 Å². The molecular formula is C11H23N3O3S. The lowest BCUT2D eigenvalue weighted by molar-refractivity contribution is -0.131. The first-order valence-corrected chi connectivity index (χ1v) is 8.28. The van der Waals surface area contributed by atoms with Gasteiger partial charge in [0, 0.05) is 19.6 Å².